The lowest BCUT2D eigenvalue weighted by Gasteiger charge is -2.26. The minimum atomic E-state index is 0.871. The van der Waals surface area contributed by atoms with Gasteiger partial charge in [-0.25, -0.2) is 4.98 Å². The molecule has 1 aliphatic heterocycles. The largest absolute Gasteiger partial charge is 0.379 e. The van der Waals surface area contributed by atoms with Crippen molar-refractivity contribution >= 4 is 22.7 Å². The third kappa shape index (κ3) is 3.45. The van der Waals surface area contributed by atoms with Crippen LogP contribution in [0.25, 0.3) is 10.9 Å². The lowest BCUT2D eigenvalue weighted by atomic mass is 10.0. The molecule has 2 heterocycles. The molecule has 0 N–H and O–H groups in total. The van der Waals surface area contributed by atoms with E-state index in [9.17, 15) is 0 Å². The number of hydrogen-bond donors (Lipinski definition) is 0. The number of rotatable bonds is 4. The van der Waals surface area contributed by atoms with Crippen LogP contribution in [-0.4, -0.2) is 48.5 Å². The van der Waals surface area contributed by atoms with Gasteiger partial charge in [0.25, 0.3) is 0 Å². The van der Waals surface area contributed by atoms with E-state index in [0.29, 0.717) is 0 Å². The van der Waals surface area contributed by atoms with Gasteiger partial charge in [-0.2, -0.15) is 0 Å². The van der Waals surface area contributed by atoms with Crippen LogP contribution in [0.5, 0.6) is 0 Å². The smallest absolute Gasteiger partial charge is 0.0997 e. The zero-order valence-electron chi connectivity index (χ0n) is 13.7. The van der Waals surface area contributed by atoms with E-state index < -0.39 is 0 Å². The molecule has 0 atom stereocenters. The molecule has 0 spiro atoms. The van der Waals surface area contributed by atoms with Crippen molar-refractivity contribution in [3.63, 3.8) is 0 Å². The van der Waals surface area contributed by atoms with Gasteiger partial charge in [-0.3, -0.25) is 4.90 Å². The Morgan fingerprint density at radius 3 is 2.68 bits per heavy atom. The molecule has 0 amide bonds. The van der Waals surface area contributed by atoms with Crippen LogP contribution in [0.15, 0.2) is 23.2 Å². The van der Waals surface area contributed by atoms with Crippen molar-refractivity contribution in [1.82, 2.24) is 9.88 Å². The van der Waals surface area contributed by atoms with Crippen molar-refractivity contribution in [3.8, 4) is 0 Å². The third-order valence-corrected chi connectivity index (χ3v) is 5.48. The molecule has 1 aromatic carbocycles. The summed E-state index contributed by atoms with van der Waals surface area (Å²) in [5.74, 6) is 1.09. The maximum Gasteiger partial charge on any atom is 0.0997 e. The molecular formula is C18H24N2OS. The Labute approximate surface area is 137 Å². The van der Waals surface area contributed by atoms with Crippen LogP contribution in [0.1, 0.15) is 16.7 Å². The van der Waals surface area contributed by atoms with Crippen LogP contribution in [0.3, 0.4) is 0 Å². The van der Waals surface area contributed by atoms with Crippen molar-refractivity contribution in [2.75, 3.05) is 38.6 Å². The minimum absolute atomic E-state index is 0.871. The molecule has 0 unspecified atom stereocenters. The van der Waals surface area contributed by atoms with Gasteiger partial charge in [-0.1, -0.05) is 12.1 Å². The molecule has 3 rings (SSSR count). The minimum Gasteiger partial charge on any atom is -0.379 e. The first-order chi connectivity index (χ1) is 10.6. The van der Waals surface area contributed by atoms with Crippen molar-refractivity contribution < 1.29 is 4.74 Å². The topological polar surface area (TPSA) is 25.4 Å². The molecule has 0 saturated carbocycles. The fourth-order valence-electron chi connectivity index (χ4n) is 2.81. The Balaban J connectivity index is 1.72. The molecule has 118 valence electrons. The number of morpholine rings is 1. The highest BCUT2D eigenvalue weighted by molar-refractivity contribution is 7.99. The number of benzene rings is 1. The highest BCUT2D eigenvalue weighted by Crippen LogP contribution is 2.27. The van der Waals surface area contributed by atoms with Crippen LogP contribution in [0.4, 0.5) is 0 Å². The average Bonchev–Trinajstić information content (AvgIpc) is 2.53. The quantitative estimate of drug-likeness (QED) is 0.805. The van der Waals surface area contributed by atoms with Gasteiger partial charge in [0, 0.05) is 30.8 Å². The number of nitrogens with zero attached hydrogens (tertiary/aromatic N) is 2. The Hall–Kier alpha value is -1.10. The number of hydrogen-bond acceptors (Lipinski definition) is 4. The molecule has 2 aromatic rings. The predicted octanol–water partition coefficient (Wildman–Crippen LogP) is 3.58. The third-order valence-electron chi connectivity index (χ3n) is 4.41. The van der Waals surface area contributed by atoms with Gasteiger partial charge >= 0.3 is 0 Å². The fraction of sp³-hybridized carbons (Fsp3) is 0.500. The van der Waals surface area contributed by atoms with Crippen molar-refractivity contribution in [2.24, 2.45) is 0 Å². The van der Waals surface area contributed by atoms with Crippen LogP contribution in [0.2, 0.25) is 0 Å². The number of thioether (sulfide) groups is 1. The highest BCUT2D eigenvalue weighted by atomic mass is 32.2. The Morgan fingerprint density at radius 2 is 1.91 bits per heavy atom. The second-order valence-electron chi connectivity index (χ2n) is 5.99. The summed E-state index contributed by atoms with van der Waals surface area (Å²) in [5.41, 5.74) is 5.04. The summed E-state index contributed by atoms with van der Waals surface area (Å²) in [6, 6.07) is 6.63. The zero-order chi connectivity index (χ0) is 15.5. The summed E-state index contributed by atoms with van der Waals surface area (Å²) in [6.07, 6.45) is 0. The van der Waals surface area contributed by atoms with E-state index in [1.54, 1.807) is 0 Å². The molecule has 22 heavy (non-hydrogen) atoms. The molecular weight excluding hydrogens is 292 g/mol. The first-order valence-corrected chi connectivity index (χ1v) is 8.94. The molecule has 4 heteroatoms. The number of aromatic nitrogens is 1. The zero-order valence-corrected chi connectivity index (χ0v) is 14.5. The molecule has 0 aliphatic carbocycles. The lowest BCUT2D eigenvalue weighted by molar-refractivity contribution is 0.0410. The fourth-order valence-corrected chi connectivity index (χ4v) is 3.80. The molecule has 3 nitrogen and oxygen atoms in total. The average molecular weight is 316 g/mol. The van der Waals surface area contributed by atoms with Crippen LogP contribution in [0, 0.1) is 20.8 Å². The van der Waals surface area contributed by atoms with Gasteiger partial charge in [-0.05, 0) is 43.5 Å². The van der Waals surface area contributed by atoms with E-state index in [4.69, 9.17) is 9.72 Å². The second-order valence-corrected chi connectivity index (χ2v) is 7.08. The normalized spacial score (nSPS) is 16.3. The maximum absolute atomic E-state index is 5.40. The number of fused-ring (bicyclic) bond motifs is 1. The molecule has 1 aromatic heterocycles. The van der Waals surface area contributed by atoms with Crippen LogP contribution < -0.4 is 0 Å². The van der Waals surface area contributed by atoms with E-state index in [-0.39, 0.29) is 0 Å². The summed E-state index contributed by atoms with van der Waals surface area (Å²) >= 11 is 1.88. The summed E-state index contributed by atoms with van der Waals surface area (Å²) in [4.78, 5) is 7.41. The van der Waals surface area contributed by atoms with E-state index in [1.165, 1.54) is 27.1 Å². The Kier molecular flexibility index (Phi) is 5.01. The van der Waals surface area contributed by atoms with E-state index in [1.807, 2.05) is 11.8 Å². The Morgan fingerprint density at radius 1 is 1.14 bits per heavy atom. The number of pyridine rings is 1. The van der Waals surface area contributed by atoms with Gasteiger partial charge in [0.05, 0.1) is 23.8 Å². The van der Waals surface area contributed by atoms with Crippen molar-refractivity contribution in [2.45, 2.75) is 25.8 Å². The van der Waals surface area contributed by atoms with Crippen LogP contribution >= 0.6 is 11.8 Å². The summed E-state index contributed by atoms with van der Waals surface area (Å²) in [7, 11) is 0. The molecule has 0 bridgehead atoms. The lowest BCUT2D eigenvalue weighted by Crippen LogP contribution is -2.37. The predicted molar refractivity (Wildman–Crippen MR) is 93.9 cm³/mol. The van der Waals surface area contributed by atoms with Gasteiger partial charge < -0.3 is 4.74 Å². The van der Waals surface area contributed by atoms with Gasteiger partial charge in [-0.15, -0.1) is 11.8 Å². The van der Waals surface area contributed by atoms with Crippen molar-refractivity contribution in [3.05, 3.63) is 34.9 Å². The monoisotopic (exact) mass is 316 g/mol. The summed E-state index contributed by atoms with van der Waals surface area (Å²) < 4.78 is 5.40. The van der Waals surface area contributed by atoms with Crippen molar-refractivity contribution in [1.29, 1.82) is 0 Å². The SMILES string of the molecule is Cc1cc2ccc(C)c(C)c2nc1SCCN1CCOCC1. The van der Waals surface area contributed by atoms with Gasteiger partial charge in [0.2, 0.25) is 0 Å². The van der Waals surface area contributed by atoms with Crippen LogP contribution in [-0.2, 0) is 4.74 Å². The molecule has 1 aliphatic rings. The Bertz CT molecular complexity index is 666. The van der Waals surface area contributed by atoms with Gasteiger partial charge in [0.15, 0.2) is 0 Å². The van der Waals surface area contributed by atoms with E-state index in [0.717, 1.165) is 44.1 Å². The maximum atomic E-state index is 5.40. The second kappa shape index (κ2) is 6.99. The molecule has 1 saturated heterocycles. The molecule has 0 radical (unpaired) electrons. The highest BCUT2D eigenvalue weighted by Gasteiger charge is 2.11. The number of ether oxygens (including phenoxy) is 1. The summed E-state index contributed by atoms with van der Waals surface area (Å²) in [5, 5.41) is 2.42. The number of aryl methyl sites for hydroxylation is 3. The van der Waals surface area contributed by atoms with Gasteiger partial charge in [0.1, 0.15) is 0 Å². The molecule has 1 fully saturated rings. The summed E-state index contributed by atoms with van der Waals surface area (Å²) in [6.45, 7) is 11.5. The van der Waals surface area contributed by atoms with E-state index >= 15 is 0 Å². The standard InChI is InChI=1S/C18H24N2OS/c1-13-4-5-16-12-14(2)18(19-17(16)15(13)3)22-11-8-20-6-9-21-10-7-20/h4-5,12H,6-11H2,1-3H3. The first-order valence-electron chi connectivity index (χ1n) is 7.95. The first kappa shape index (κ1) is 15.8. The van der Waals surface area contributed by atoms with E-state index in [2.05, 4.69) is 43.9 Å².